The highest BCUT2D eigenvalue weighted by Gasteiger charge is 2.41. The summed E-state index contributed by atoms with van der Waals surface area (Å²) in [5.74, 6) is -1.32. The first-order valence-corrected chi connectivity index (χ1v) is 5.95. The topological polar surface area (TPSA) is 103 Å². The summed E-state index contributed by atoms with van der Waals surface area (Å²) >= 11 is 1.17. The molecule has 1 atom stereocenters. The summed E-state index contributed by atoms with van der Waals surface area (Å²) in [6.07, 6.45) is 2.42. The fourth-order valence-electron chi connectivity index (χ4n) is 1.45. The number of carboxylic acids is 1. The number of aliphatic imine (C=N–C) groups is 1. The molecule has 1 aliphatic heterocycles. The first kappa shape index (κ1) is 12.4. The maximum absolute atomic E-state index is 11.2. The lowest BCUT2D eigenvalue weighted by Crippen LogP contribution is -2.34. The van der Waals surface area contributed by atoms with E-state index in [1.807, 2.05) is 0 Å². The average molecular weight is 266 g/mol. The molecule has 2 heterocycles. The second kappa shape index (κ2) is 4.34. The van der Waals surface area contributed by atoms with Crippen LogP contribution in [0.3, 0.4) is 0 Å². The van der Waals surface area contributed by atoms with Gasteiger partial charge in [0.05, 0.1) is 6.20 Å². The third-order valence-corrected chi connectivity index (χ3v) is 3.64. The molecule has 1 aliphatic rings. The quantitative estimate of drug-likeness (QED) is 0.705. The summed E-state index contributed by atoms with van der Waals surface area (Å²) in [5, 5.41) is 28.2. The summed E-state index contributed by atoms with van der Waals surface area (Å²) in [6.45, 7) is 3.48. The summed E-state index contributed by atoms with van der Waals surface area (Å²) in [7, 11) is 0. The minimum atomic E-state index is -1.38. The Balaban J connectivity index is 2.44. The van der Waals surface area contributed by atoms with Crippen molar-refractivity contribution in [1.29, 1.82) is 0 Å². The van der Waals surface area contributed by atoms with Gasteiger partial charge in [-0.3, -0.25) is 4.99 Å². The van der Waals surface area contributed by atoms with Crippen LogP contribution in [0.2, 0.25) is 0 Å². The molecule has 94 valence electrons. The van der Waals surface area contributed by atoms with E-state index in [4.69, 9.17) is 10.2 Å². The van der Waals surface area contributed by atoms with E-state index in [1.54, 1.807) is 0 Å². The molecule has 0 saturated heterocycles. The van der Waals surface area contributed by atoms with Crippen LogP contribution in [0.1, 0.15) is 5.69 Å². The van der Waals surface area contributed by atoms with Crippen LogP contribution in [0.25, 0.3) is 0 Å². The van der Waals surface area contributed by atoms with Crippen LogP contribution < -0.4 is 0 Å². The molecule has 1 aromatic heterocycles. The zero-order chi connectivity index (χ0) is 13.3. The lowest BCUT2D eigenvalue weighted by atomic mass is 10.0. The Morgan fingerprint density at radius 3 is 2.78 bits per heavy atom. The number of thioether (sulfide) groups is 1. The van der Waals surface area contributed by atoms with Crippen molar-refractivity contribution in [3.05, 3.63) is 30.6 Å². The van der Waals surface area contributed by atoms with Crippen LogP contribution in [0.4, 0.5) is 0 Å². The molecule has 0 saturated carbocycles. The van der Waals surface area contributed by atoms with Gasteiger partial charge in [0, 0.05) is 11.8 Å². The smallest absolute Gasteiger partial charge is 0.336 e. The van der Waals surface area contributed by atoms with Crippen molar-refractivity contribution in [2.75, 3.05) is 5.75 Å². The van der Waals surface area contributed by atoms with Crippen molar-refractivity contribution in [1.82, 2.24) is 4.98 Å². The van der Waals surface area contributed by atoms with Crippen molar-refractivity contribution in [3.63, 3.8) is 0 Å². The van der Waals surface area contributed by atoms with E-state index in [0.717, 1.165) is 12.3 Å². The van der Waals surface area contributed by atoms with E-state index < -0.39 is 11.5 Å². The number of aliphatic carboxylic acids is 1. The van der Waals surface area contributed by atoms with E-state index >= 15 is 0 Å². The molecule has 7 heteroatoms. The predicted octanol–water partition coefficient (Wildman–Crippen LogP) is 0.996. The number of carbonyl (C=O) groups is 1. The van der Waals surface area contributed by atoms with Gasteiger partial charge in [-0.15, -0.1) is 18.3 Å². The van der Waals surface area contributed by atoms with Crippen molar-refractivity contribution in [2.45, 2.75) is 5.54 Å². The van der Waals surface area contributed by atoms with Gasteiger partial charge in [0.1, 0.15) is 22.2 Å². The number of carboxylic acid groups (broad SMARTS) is 1. The van der Waals surface area contributed by atoms with Crippen molar-refractivity contribution in [3.8, 4) is 11.5 Å². The van der Waals surface area contributed by atoms with Crippen LogP contribution >= 0.6 is 11.8 Å². The summed E-state index contributed by atoms with van der Waals surface area (Å²) in [6, 6.07) is 1.13. The molecule has 0 radical (unpaired) electrons. The average Bonchev–Trinajstić information content (AvgIpc) is 2.74. The highest BCUT2D eigenvalue weighted by molar-refractivity contribution is 8.14. The SMILES string of the molecule is C=C[C@]1(C(=O)O)CSC(c2ncc(O)cc2O)=N1. The van der Waals surface area contributed by atoms with Crippen LogP contribution in [0.15, 0.2) is 29.9 Å². The second-order valence-corrected chi connectivity index (χ2v) is 4.66. The number of hydrogen-bond donors (Lipinski definition) is 3. The first-order chi connectivity index (χ1) is 8.48. The molecular formula is C11H10N2O4S. The Bertz CT molecular complexity index is 558. The normalized spacial score (nSPS) is 22.6. The Kier molecular flexibility index (Phi) is 3.00. The number of hydrogen-bond acceptors (Lipinski definition) is 6. The van der Waals surface area contributed by atoms with Gasteiger partial charge in [0.2, 0.25) is 0 Å². The van der Waals surface area contributed by atoms with E-state index in [-0.39, 0.29) is 22.9 Å². The summed E-state index contributed by atoms with van der Waals surface area (Å²) in [4.78, 5) is 19.1. The summed E-state index contributed by atoms with van der Waals surface area (Å²) < 4.78 is 0. The fraction of sp³-hybridized carbons (Fsp3) is 0.182. The predicted molar refractivity (Wildman–Crippen MR) is 67.1 cm³/mol. The van der Waals surface area contributed by atoms with Gasteiger partial charge in [0.15, 0.2) is 5.54 Å². The van der Waals surface area contributed by atoms with Crippen LogP contribution in [-0.2, 0) is 4.79 Å². The molecule has 0 bridgehead atoms. The first-order valence-electron chi connectivity index (χ1n) is 4.96. The molecule has 0 fully saturated rings. The monoisotopic (exact) mass is 266 g/mol. The van der Waals surface area contributed by atoms with E-state index in [9.17, 15) is 9.90 Å². The van der Waals surface area contributed by atoms with Gasteiger partial charge in [-0.25, -0.2) is 9.78 Å². The molecule has 2 rings (SSSR count). The maximum atomic E-state index is 11.2. The fourth-order valence-corrected chi connectivity index (χ4v) is 2.64. The van der Waals surface area contributed by atoms with Crippen molar-refractivity contribution < 1.29 is 20.1 Å². The number of nitrogens with zero attached hydrogens (tertiary/aromatic N) is 2. The number of aromatic hydroxyl groups is 2. The van der Waals surface area contributed by atoms with E-state index in [0.29, 0.717) is 5.04 Å². The van der Waals surface area contributed by atoms with E-state index in [1.165, 1.54) is 17.8 Å². The summed E-state index contributed by atoms with van der Waals surface area (Å²) in [5.41, 5.74) is -1.23. The van der Waals surface area contributed by atoms with Gasteiger partial charge in [0.25, 0.3) is 0 Å². The molecule has 18 heavy (non-hydrogen) atoms. The highest BCUT2D eigenvalue weighted by Crippen LogP contribution is 2.34. The molecule has 6 nitrogen and oxygen atoms in total. The van der Waals surface area contributed by atoms with Crippen molar-refractivity contribution in [2.24, 2.45) is 4.99 Å². The van der Waals surface area contributed by atoms with Gasteiger partial charge < -0.3 is 15.3 Å². The number of aromatic nitrogens is 1. The van der Waals surface area contributed by atoms with Crippen LogP contribution in [-0.4, -0.2) is 42.6 Å². The molecule has 0 unspecified atom stereocenters. The van der Waals surface area contributed by atoms with Gasteiger partial charge in [-0.2, -0.15) is 0 Å². The second-order valence-electron chi connectivity index (χ2n) is 3.70. The molecule has 0 aliphatic carbocycles. The third kappa shape index (κ3) is 1.92. The van der Waals surface area contributed by atoms with Gasteiger partial charge in [-0.05, 0) is 0 Å². The Labute approximate surface area is 107 Å². The largest absolute Gasteiger partial charge is 0.506 e. The minimum Gasteiger partial charge on any atom is -0.506 e. The lowest BCUT2D eigenvalue weighted by Gasteiger charge is -2.13. The van der Waals surface area contributed by atoms with Crippen LogP contribution in [0, 0.1) is 0 Å². The Morgan fingerprint density at radius 2 is 2.28 bits per heavy atom. The molecule has 1 aromatic rings. The standard InChI is InChI=1S/C11H10N2O4S/c1-2-11(10(16)17)5-18-9(13-11)8-7(15)3-6(14)4-12-8/h2-4,14-15H,1,5H2,(H,16,17)/t11-/m1/s1. The Morgan fingerprint density at radius 1 is 1.56 bits per heavy atom. The molecule has 0 amide bonds. The Hall–Kier alpha value is -2.02. The molecule has 0 spiro atoms. The van der Waals surface area contributed by atoms with Gasteiger partial charge in [-0.1, -0.05) is 6.08 Å². The number of pyridine rings is 1. The number of rotatable bonds is 3. The van der Waals surface area contributed by atoms with Gasteiger partial charge >= 0.3 is 5.97 Å². The highest BCUT2D eigenvalue weighted by atomic mass is 32.2. The van der Waals surface area contributed by atoms with E-state index in [2.05, 4.69) is 16.6 Å². The molecular weight excluding hydrogens is 256 g/mol. The van der Waals surface area contributed by atoms with Crippen molar-refractivity contribution >= 4 is 22.8 Å². The molecule has 3 N–H and O–H groups in total. The minimum absolute atomic E-state index is 0.155. The maximum Gasteiger partial charge on any atom is 0.336 e. The zero-order valence-corrected chi connectivity index (χ0v) is 10.0. The lowest BCUT2D eigenvalue weighted by molar-refractivity contribution is -0.140. The zero-order valence-electron chi connectivity index (χ0n) is 9.20. The van der Waals surface area contributed by atoms with Crippen LogP contribution in [0.5, 0.6) is 11.5 Å². The molecule has 0 aromatic carbocycles. The third-order valence-electron chi connectivity index (χ3n) is 2.49.